The monoisotopic (exact) mass is 291 g/mol. The summed E-state index contributed by atoms with van der Waals surface area (Å²) < 4.78 is 2.07. The Balaban J connectivity index is 1.77. The minimum atomic E-state index is 0.308. The molecule has 118 valence electrons. The lowest BCUT2D eigenvalue weighted by Crippen LogP contribution is -2.12. The van der Waals surface area contributed by atoms with E-state index in [1.54, 1.807) is 0 Å². The molecule has 1 unspecified atom stereocenters. The maximum Gasteiger partial charge on any atom is 0.138 e. The molecule has 0 amide bonds. The van der Waals surface area contributed by atoms with E-state index in [1.165, 1.54) is 25.7 Å². The summed E-state index contributed by atoms with van der Waals surface area (Å²) in [5.41, 5.74) is 6.53. The molecule has 21 heavy (non-hydrogen) atoms. The van der Waals surface area contributed by atoms with Crippen LogP contribution in [0.2, 0.25) is 0 Å². The zero-order valence-electron chi connectivity index (χ0n) is 13.3. The lowest BCUT2D eigenvalue weighted by Gasteiger charge is -2.12. The van der Waals surface area contributed by atoms with Gasteiger partial charge in [0, 0.05) is 12.6 Å². The number of nitrogens with zero attached hydrogens (tertiary/aromatic N) is 2. The molecular formula is C17H29N3O. The second-order valence-electron chi connectivity index (χ2n) is 6.33. The maximum atomic E-state index is 12.1. The summed E-state index contributed by atoms with van der Waals surface area (Å²) in [6, 6.07) is 2.57. The van der Waals surface area contributed by atoms with E-state index in [4.69, 9.17) is 5.73 Å². The van der Waals surface area contributed by atoms with Gasteiger partial charge >= 0.3 is 0 Å². The normalized spacial score (nSPS) is 17.2. The molecule has 4 nitrogen and oxygen atoms in total. The number of carbonyl (C=O) groups is 1. The third-order valence-electron chi connectivity index (χ3n) is 4.72. The van der Waals surface area contributed by atoms with Crippen LogP contribution in [0.4, 0.5) is 0 Å². The first-order valence-corrected chi connectivity index (χ1v) is 8.48. The van der Waals surface area contributed by atoms with Gasteiger partial charge < -0.3 is 5.73 Å². The fourth-order valence-corrected chi connectivity index (χ4v) is 3.29. The average molecular weight is 291 g/mol. The molecule has 0 radical (unpaired) electrons. The molecule has 0 aromatic carbocycles. The van der Waals surface area contributed by atoms with Crippen LogP contribution in [0, 0.1) is 5.92 Å². The van der Waals surface area contributed by atoms with E-state index < -0.39 is 0 Å². The van der Waals surface area contributed by atoms with Crippen molar-refractivity contribution in [1.29, 1.82) is 0 Å². The van der Waals surface area contributed by atoms with Gasteiger partial charge in [-0.1, -0.05) is 26.2 Å². The molecule has 1 aliphatic carbocycles. The molecule has 1 aromatic rings. The molecule has 0 saturated heterocycles. The van der Waals surface area contributed by atoms with Gasteiger partial charge in [-0.05, 0) is 44.2 Å². The van der Waals surface area contributed by atoms with E-state index in [1.807, 2.05) is 12.3 Å². The highest BCUT2D eigenvalue weighted by Crippen LogP contribution is 2.28. The third-order valence-corrected chi connectivity index (χ3v) is 4.72. The number of hydrogen-bond donors (Lipinski definition) is 1. The van der Waals surface area contributed by atoms with E-state index >= 15 is 0 Å². The lowest BCUT2D eigenvalue weighted by molar-refractivity contribution is -0.118. The molecule has 0 bridgehead atoms. The van der Waals surface area contributed by atoms with Crippen molar-refractivity contribution in [2.24, 2.45) is 11.7 Å². The van der Waals surface area contributed by atoms with Crippen molar-refractivity contribution in [2.45, 2.75) is 70.8 Å². The van der Waals surface area contributed by atoms with Crippen molar-refractivity contribution in [3.8, 4) is 0 Å². The summed E-state index contributed by atoms with van der Waals surface area (Å²) in [5, 5.41) is 4.59. The van der Waals surface area contributed by atoms with Crippen LogP contribution in [0.25, 0.3) is 0 Å². The van der Waals surface area contributed by atoms with Gasteiger partial charge in [-0.25, -0.2) is 0 Å². The third kappa shape index (κ3) is 4.95. The predicted octanol–water partition coefficient (Wildman–Crippen LogP) is 3.27. The van der Waals surface area contributed by atoms with Crippen molar-refractivity contribution >= 4 is 5.78 Å². The van der Waals surface area contributed by atoms with Gasteiger partial charge in [0.15, 0.2) is 0 Å². The summed E-state index contributed by atoms with van der Waals surface area (Å²) in [6.45, 7) is 2.90. The first-order chi connectivity index (χ1) is 10.2. The van der Waals surface area contributed by atoms with Gasteiger partial charge in [0.25, 0.3) is 0 Å². The van der Waals surface area contributed by atoms with Crippen LogP contribution in [-0.4, -0.2) is 22.1 Å². The van der Waals surface area contributed by atoms with Crippen molar-refractivity contribution in [3.63, 3.8) is 0 Å². The molecule has 1 atom stereocenters. The molecule has 2 rings (SSSR count). The summed E-state index contributed by atoms with van der Waals surface area (Å²) in [7, 11) is 0. The summed E-state index contributed by atoms with van der Waals surface area (Å²) >= 11 is 0. The van der Waals surface area contributed by atoms with Crippen LogP contribution in [0.1, 0.15) is 70.0 Å². The smallest absolute Gasteiger partial charge is 0.138 e. The van der Waals surface area contributed by atoms with Crippen molar-refractivity contribution in [2.75, 3.05) is 6.54 Å². The Morgan fingerprint density at radius 2 is 2.19 bits per heavy atom. The molecule has 1 saturated carbocycles. The Kier molecular flexibility index (Phi) is 6.43. The van der Waals surface area contributed by atoms with Crippen molar-refractivity contribution in [3.05, 3.63) is 18.0 Å². The minimum Gasteiger partial charge on any atom is -0.330 e. The lowest BCUT2D eigenvalue weighted by atomic mass is 9.95. The van der Waals surface area contributed by atoms with Crippen molar-refractivity contribution < 1.29 is 4.79 Å². The second-order valence-corrected chi connectivity index (χ2v) is 6.33. The number of nitrogens with two attached hydrogens (primary N) is 1. The summed E-state index contributed by atoms with van der Waals surface area (Å²) in [5.74, 6) is 0.900. The highest BCUT2D eigenvalue weighted by atomic mass is 16.1. The van der Waals surface area contributed by atoms with Gasteiger partial charge in [0.1, 0.15) is 5.78 Å². The van der Waals surface area contributed by atoms with Crippen LogP contribution < -0.4 is 5.73 Å². The van der Waals surface area contributed by atoms with Gasteiger partial charge in [0.2, 0.25) is 0 Å². The van der Waals surface area contributed by atoms with E-state index in [-0.39, 0.29) is 0 Å². The van der Waals surface area contributed by atoms with E-state index in [0.717, 1.165) is 31.5 Å². The Labute approximate surface area is 128 Å². The van der Waals surface area contributed by atoms with Gasteiger partial charge in [0.05, 0.1) is 18.2 Å². The first kappa shape index (κ1) is 16.2. The molecule has 4 heteroatoms. The van der Waals surface area contributed by atoms with Gasteiger partial charge in [-0.3, -0.25) is 9.48 Å². The van der Waals surface area contributed by atoms with Gasteiger partial charge in [-0.2, -0.15) is 5.10 Å². The highest BCUT2D eigenvalue weighted by molar-refractivity contribution is 5.80. The molecule has 0 aliphatic heterocycles. The largest absolute Gasteiger partial charge is 0.330 e. The number of hydrogen-bond acceptors (Lipinski definition) is 3. The molecular weight excluding hydrogens is 262 g/mol. The van der Waals surface area contributed by atoms with Gasteiger partial charge in [-0.15, -0.1) is 0 Å². The molecule has 2 N–H and O–H groups in total. The van der Waals surface area contributed by atoms with E-state index in [9.17, 15) is 4.79 Å². The van der Waals surface area contributed by atoms with Crippen molar-refractivity contribution in [1.82, 2.24) is 9.78 Å². The van der Waals surface area contributed by atoms with E-state index in [2.05, 4.69) is 16.7 Å². The Hall–Kier alpha value is -1.16. The highest BCUT2D eigenvalue weighted by Gasteiger charge is 2.18. The topological polar surface area (TPSA) is 60.9 Å². The number of Topliss-reactive ketones (excluding diaryl/α,β-unsaturated/α-hetero) is 1. The van der Waals surface area contributed by atoms with Crippen LogP contribution in [-0.2, 0) is 11.2 Å². The zero-order chi connectivity index (χ0) is 15.1. The fourth-order valence-electron chi connectivity index (χ4n) is 3.29. The molecule has 1 aromatic heterocycles. The standard InChI is InChI=1S/C17H29N3O/c1-2-14(9-11-18)7-8-17(21)13-15-10-12-20(19-15)16-5-3-4-6-16/h10,12,14,16H,2-9,11,13,18H2,1H3. The fraction of sp³-hybridized carbons (Fsp3) is 0.765. The first-order valence-electron chi connectivity index (χ1n) is 8.48. The Morgan fingerprint density at radius 3 is 2.86 bits per heavy atom. The zero-order valence-corrected chi connectivity index (χ0v) is 13.3. The molecule has 1 fully saturated rings. The Morgan fingerprint density at radius 1 is 1.43 bits per heavy atom. The second kappa shape index (κ2) is 8.32. The van der Waals surface area contributed by atoms with Crippen LogP contribution >= 0.6 is 0 Å². The number of aromatic nitrogens is 2. The van der Waals surface area contributed by atoms with Crippen LogP contribution in [0.3, 0.4) is 0 Å². The predicted molar refractivity (Wildman–Crippen MR) is 85.1 cm³/mol. The maximum absolute atomic E-state index is 12.1. The van der Waals surface area contributed by atoms with Crippen LogP contribution in [0.5, 0.6) is 0 Å². The number of rotatable bonds is 9. The molecule has 1 heterocycles. The Bertz CT molecular complexity index is 435. The number of ketones is 1. The molecule has 1 aliphatic rings. The summed E-state index contributed by atoms with van der Waals surface area (Å²) in [4.78, 5) is 12.1. The average Bonchev–Trinajstić information content (AvgIpc) is 3.14. The van der Waals surface area contributed by atoms with Crippen LogP contribution in [0.15, 0.2) is 12.3 Å². The van der Waals surface area contributed by atoms with E-state index in [0.29, 0.717) is 30.6 Å². The number of carbonyl (C=O) groups excluding carboxylic acids is 1. The SMILES string of the molecule is CCC(CCN)CCC(=O)Cc1ccn(C2CCCC2)n1. The summed E-state index contributed by atoms with van der Waals surface area (Å²) in [6.07, 6.45) is 11.4. The quantitative estimate of drug-likeness (QED) is 0.759. The molecule has 0 spiro atoms. The minimum absolute atomic E-state index is 0.308.